The molecule has 0 amide bonds. The first kappa shape index (κ1) is 15.1. The fraction of sp³-hybridized carbons (Fsp3) is 0.133. The van der Waals surface area contributed by atoms with Gasteiger partial charge in [-0.2, -0.15) is 18.4 Å². The number of rotatable bonds is 3. The lowest BCUT2D eigenvalue weighted by Gasteiger charge is -2.09. The molecule has 1 N–H and O–H groups in total. The molecule has 4 nitrogen and oxygen atoms in total. The third kappa shape index (κ3) is 3.36. The molecule has 0 atom stereocenters. The highest BCUT2D eigenvalue weighted by molar-refractivity contribution is 5.60. The summed E-state index contributed by atoms with van der Waals surface area (Å²) in [5.74, 6) is -0.229. The molecule has 1 heterocycles. The van der Waals surface area contributed by atoms with Crippen LogP contribution in [-0.4, -0.2) is 20.6 Å². The van der Waals surface area contributed by atoms with Crippen LogP contribution in [0.4, 0.5) is 17.6 Å². The van der Waals surface area contributed by atoms with Gasteiger partial charge in [0.1, 0.15) is 5.82 Å². The van der Waals surface area contributed by atoms with Crippen LogP contribution in [-0.2, 0) is 12.6 Å². The predicted molar refractivity (Wildman–Crippen MR) is 73.8 cm³/mol. The van der Waals surface area contributed by atoms with Gasteiger partial charge in [-0.3, -0.25) is 0 Å². The number of benzene rings is 2. The quantitative estimate of drug-likeness (QED) is 0.749. The fourth-order valence-corrected chi connectivity index (χ4v) is 2.22. The number of tetrazole rings is 1. The second-order valence-corrected chi connectivity index (χ2v) is 4.91. The lowest BCUT2D eigenvalue weighted by molar-refractivity contribution is -0.137. The average molecular weight is 322 g/mol. The van der Waals surface area contributed by atoms with Crippen molar-refractivity contribution in [2.45, 2.75) is 12.6 Å². The molecule has 118 valence electrons. The van der Waals surface area contributed by atoms with Crippen LogP contribution in [0, 0.1) is 5.82 Å². The van der Waals surface area contributed by atoms with E-state index in [0.717, 1.165) is 12.1 Å². The van der Waals surface area contributed by atoms with E-state index in [0.29, 0.717) is 23.1 Å². The highest BCUT2D eigenvalue weighted by atomic mass is 19.4. The second-order valence-electron chi connectivity index (χ2n) is 4.91. The number of halogens is 4. The largest absolute Gasteiger partial charge is 0.416 e. The summed E-state index contributed by atoms with van der Waals surface area (Å²) in [6.07, 6.45) is -4.05. The van der Waals surface area contributed by atoms with Crippen molar-refractivity contribution in [3.63, 3.8) is 0 Å². The highest BCUT2D eigenvalue weighted by Gasteiger charge is 2.29. The summed E-state index contributed by atoms with van der Waals surface area (Å²) >= 11 is 0. The summed E-state index contributed by atoms with van der Waals surface area (Å²) in [5, 5.41) is 13.3. The maximum absolute atomic E-state index is 13.5. The molecular formula is C15H10F4N4. The van der Waals surface area contributed by atoms with Gasteiger partial charge in [0, 0.05) is 5.56 Å². The van der Waals surface area contributed by atoms with Crippen molar-refractivity contribution in [1.29, 1.82) is 0 Å². The molecule has 0 bridgehead atoms. The van der Waals surface area contributed by atoms with E-state index < -0.39 is 17.6 Å². The van der Waals surface area contributed by atoms with E-state index in [4.69, 9.17) is 0 Å². The molecule has 3 aromatic rings. The molecule has 0 fully saturated rings. The van der Waals surface area contributed by atoms with E-state index in [1.54, 1.807) is 6.07 Å². The van der Waals surface area contributed by atoms with Gasteiger partial charge < -0.3 is 0 Å². The first-order valence-corrected chi connectivity index (χ1v) is 6.62. The zero-order valence-electron chi connectivity index (χ0n) is 11.6. The van der Waals surface area contributed by atoms with E-state index in [1.165, 1.54) is 24.3 Å². The van der Waals surface area contributed by atoms with Crippen molar-refractivity contribution in [3.05, 3.63) is 65.0 Å². The molecular weight excluding hydrogens is 312 g/mol. The van der Waals surface area contributed by atoms with E-state index >= 15 is 0 Å². The molecule has 2 aromatic carbocycles. The van der Waals surface area contributed by atoms with E-state index in [2.05, 4.69) is 20.6 Å². The van der Waals surface area contributed by atoms with E-state index in [-0.39, 0.29) is 5.82 Å². The lowest BCUT2D eigenvalue weighted by atomic mass is 9.98. The third-order valence-corrected chi connectivity index (χ3v) is 3.33. The summed E-state index contributed by atoms with van der Waals surface area (Å²) in [6, 6.07) is 8.93. The summed E-state index contributed by atoms with van der Waals surface area (Å²) in [6.45, 7) is 0. The van der Waals surface area contributed by atoms with Gasteiger partial charge in [-0.1, -0.05) is 18.2 Å². The van der Waals surface area contributed by atoms with Gasteiger partial charge in [0.25, 0.3) is 0 Å². The number of aromatic amines is 1. The zero-order valence-corrected chi connectivity index (χ0v) is 11.6. The van der Waals surface area contributed by atoms with Gasteiger partial charge in [0.15, 0.2) is 0 Å². The molecule has 3 rings (SSSR count). The van der Waals surface area contributed by atoms with Crippen LogP contribution < -0.4 is 0 Å². The summed E-state index contributed by atoms with van der Waals surface area (Å²) in [5.41, 5.74) is 1.08. The predicted octanol–water partition coefficient (Wildman–Crippen LogP) is 3.62. The van der Waals surface area contributed by atoms with Gasteiger partial charge in [0.2, 0.25) is 5.82 Å². The van der Waals surface area contributed by atoms with Crippen molar-refractivity contribution < 1.29 is 17.6 Å². The van der Waals surface area contributed by atoms with Crippen LogP contribution in [0.2, 0.25) is 0 Å². The van der Waals surface area contributed by atoms with Gasteiger partial charge in [-0.25, -0.2) is 4.39 Å². The number of hydrogen-bond acceptors (Lipinski definition) is 3. The smallest absolute Gasteiger partial charge is 0.207 e. The number of H-pyrrole nitrogens is 1. The molecule has 0 aliphatic rings. The van der Waals surface area contributed by atoms with Crippen LogP contribution in [0.5, 0.6) is 0 Å². The molecule has 0 aliphatic carbocycles. The number of nitrogens with one attached hydrogen (secondary N) is 1. The van der Waals surface area contributed by atoms with Crippen molar-refractivity contribution in [1.82, 2.24) is 20.6 Å². The minimum absolute atomic E-state index is 0.228. The molecule has 0 saturated carbocycles. The standard InChI is InChI=1S/C15H10F4N4/c16-12-6-3-10(13(8-12)14-20-22-23-21-14)7-9-1-4-11(5-2-9)15(17,18)19/h1-6,8H,7H2,(H,20,21,22,23). The van der Waals surface area contributed by atoms with Crippen molar-refractivity contribution in [2.24, 2.45) is 0 Å². The van der Waals surface area contributed by atoms with Crippen LogP contribution in [0.3, 0.4) is 0 Å². The molecule has 0 saturated heterocycles. The molecule has 0 spiro atoms. The van der Waals surface area contributed by atoms with Crippen molar-refractivity contribution in [3.8, 4) is 11.4 Å². The van der Waals surface area contributed by atoms with Crippen LogP contribution >= 0.6 is 0 Å². The molecule has 0 aliphatic heterocycles. The Morgan fingerprint density at radius 2 is 1.74 bits per heavy atom. The van der Waals surface area contributed by atoms with E-state index in [1.807, 2.05) is 0 Å². The normalized spacial score (nSPS) is 11.7. The molecule has 23 heavy (non-hydrogen) atoms. The molecule has 8 heteroatoms. The Morgan fingerprint density at radius 3 is 2.35 bits per heavy atom. The van der Waals surface area contributed by atoms with Crippen LogP contribution in [0.1, 0.15) is 16.7 Å². The second kappa shape index (κ2) is 5.79. The Hall–Kier alpha value is -2.77. The third-order valence-electron chi connectivity index (χ3n) is 3.33. The first-order chi connectivity index (χ1) is 10.9. The Balaban J connectivity index is 1.91. The minimum atomic E-state index is -4.37. The number of alkyl halides is 3. The van der Waals surface area contributed by atoms with E-state index in [9.17, 15) is 17.6 Å². The lowest BCUT2D eigenvalue weighted by Crippen LogP contribution is -2.04. The minimum Gasteiger partial charge on any atom is -0.207 e. The number of aromatic nitrogens is 4. The first-order valence-electron chi connectivity index (χ1n) is 6.62. The number of hydrogen-bond donors (Lipinski definition) is 1. The maximum atomic E-state index is 13.5. The Labute approximate surface area is 128 Å². The van der Waals surface area contributed by atoms with Gasteiger partial charge in [-0.05, 0) is 47.0 Å². The van der Waals surface area contributed by atoms with Crippen LogP contribution in [0.25, 0.3) is 11.4 Å². The summed E-state index contributed by atoms with van der Waals surface area (Å²) in [4.78, 5) is 0. The van der Waals surface area contributed by atoms with Crippen molar-refractivity contribution in [2.75, 3.05) is 0 Å². The zero-order chi connectivity index (χ0) is 16.4. The van der Waals surface area contributed by atoms with Crippen LogP contribution in [0.15, 0.2) is 42.5 Å². The monoisotopic (exact) mass is 322 g/mol. The van der Waals surface area contributed by atoms with Gasteiger partial charge in [0.05, 0.1) is 5.56 Å². The fourth-order valence-electron chi connectivity index (χ4n) is 2.22. The van der Waals surface area contributed by atoms with Crippen molar-refractivity contribution >= 4 is 0 Å². The maximum Gasteiger partial charge on any atom is 0.416 e. The summed E-state index contributed by atoms with van der Waals surface area (Å²) < 4.78 is 51.2. The van der Waals surface area contributed by atoms with Gasteiger partial charge >= 0.3 is 6.18 Å². The molecule has 1 aromatic heterocycles. The Bertz CT molecular complexity index is 795. The summed E-state index contributed by atoms with van der Waals surface area (Å²) in [7, 11) is 0. The molecule has 0 unspecified atom stereocenters. The topological polar surface area (TPSA) is 54.5 Å². The van der Waals surface area contributed by atoms with Gasteiger partial charge in [-0.15, -0.1) is 10.2 Å². The highest BCUT2D eigenvalue weighted by Crippen LogP contribution is 2.30. The molecule has 0 radical (unpaired) electrons. The average Bonchev–Trinajstić information content (AvgIpc) is 3.03. The number of nitrogens with zero attached hydrogens (tertiary/aromatic N) is 3. The Kier molecular flexibility index (Phi) is 3.81. The Morgan fingerprint density at radius 1 is 1.00 bits per heavy atom. The SMILES string of the molecule is Fc1ccc(Cc2ccc(C(F)(F)F)cc2)c(-c2nn[nH]n2)c1.